The van der Waals surface area contributed by atoms with Gasteiger partial charge >= 0.3 is 0 Å². The van der Waals surface area contributed by atoms with E-state index >= 15 is 0 Å². The van der Waals surface area contributed by atoms with Gasteiger partial charge in [0, 0.05) is 4.47 Å². The molecular formula is C13H15BrN2O2S. The van der Waals surface area contributed by atoms with E-state index in [1.807, 2.05) is 31.2 Å². The summed E-state index contributed by atoms with van der Waals surface area (Å²) in [5, 5.41) is 2.91. The number of nitrogens with one attached hydrogen (secondary N) is 1. The van der Waals surface area contributed by atoms with Crippen molar-refractivity contribution in [1.29, 1.82) is 0 Å². The van der Waals surface area contributed by atoms with Gasteiger partial charge < -0.3 is 10.2 Å². The molecule has 0 unspecified atom stereocenters. The van der Waals surface area contributed by atoms with E-state index in [1.54, 1.807) is 4.90 Å². The second kappa shape index (κ2) is 6.43. The highest BCUT2D eigenvalue weighted by molar-refractivity contribution is 9.10. The fourth-order valence-electron chi connectivity index (χ4n) is 1.90. The van der Waals surface area contributed by atoms with Crippen LogP contribution >= 0.6 is 27.7 Å². The van der Waals surface area contributed by atoms with Crippen LogP contribution in [0.15, 0.2) is 28.7 Å². The van der Waals surface area contributed by atoms with Crippen LogP contribution in [0.5, 0.6) is 0 Å². The van der Waals surface area contributed by atoms with E-state index < -0.39 is 0 Å². The molecule has 4 nitrogen and oxygen atoms in total. The van der Waals surface area contributed by atoms with Crippen molar-refractivity contribution in [2.45, 2.75) is 13.0 Å². The van der Waals surface area contributed by atoms with Crippen LogP contribution in [0.4, 0.5) is 0 Å². The van der Waals surface area contributed by atoms with E-state index in [4.69, 9.17) is 0 Å². The van der Waals surface area contributed by atoms with Crippen LogP contribution in [0.25, 0.3) is 0 Å². The summed E-state index contributed by atoms with van der Waals surface area (Å²) in [6.07, 6.45) is 0. The Morgan fingerprint density at radius 2 is 2.26 bits per heavy atom. The molecule has 1 aliphatic heterocycles. The van der Waals surface area contributed by atoms with Gasteiger partial charge in [-0.1, -0.05) is 34.1 Å². The summed E-state index contributed by atoms with van der Waals surface area (Å²) < 4.78 is 0.968. The minimum Gasteiger partial charge on any atom is -0.348 e. The molecule has 0 aliphatic carbocycles. The lowest BCUT2D eigenvalue weighted by Crippen LogP contribution is -2.39. The summed E-state index contributed by atoms with van der Waals surface area (Å²) >= 11 is 5.00. The highest BCUT2D eigenvalue weighted by Gasteiger charge is 2.23. The van der Waals surface area contributed by atoms with Gasteiger partial charge in [-0.15, -0.1) is 11.8 Å². The van der Waals surface area contributed by atoms with Gasteiger partial charge in [0.05, 0.1) is 17.7 Å². The van der Waals surface area contributed by atoms with Crippen LogP contribution in [0, 0.1) is 0 Å². The third kappa shape index (κ3) is 3.73. The van der Waals surface area contributed by atoms with E-state index in [1.165, 1.54) is 11.8 Å². The molecule has 1 aromatic rings. The molecule has 0 bridgehead atoms. The molecule has 1 atom stereocenters. The Bertz CT molecular complexity index is 495. The van der Waals surface area contributed by atoms with E-state index in [9.17, 15) is 9.59 Å². The number of benzene rings is 1. The Hall–Kier alpha value is -1.01. The van der Waals surface area contributed by atoms with Crippen molar-refractivity contribution < 1.29 is 9.59 Å². The second-order valence-electron chi connectivity index (χ2n) is 4.38. The maximum Gasteiger partial charge on any atom is 0.240 e. The summed E-state index contributed by atoms with van der Waals surface area (Å²) in [4.78, 5) is 24.9. The zero-order valence-corrected chi connectivity index (χ0v) is 13.0. The summed E-state index contributed by atoms with van der Waals surface area (Å²) in [6.45, 7) is 2.07. The Kier molecular flexibility index (Phi) is 4.87. The smallest absolute Gasteiger partial charge is 0.240 e. The number of thioether (sulfide) groups is 1. The van der Waals surface area contributed by atoms with E-state index in [-0.39, 0.29) is 24.4 Å². The van der Waals surface area contributed by atoms with Gasteiger partial charge in [0.25, 0.3) is 0 Å². The second-order valence-corrected chi connectivity index (χ2v) is 6.19. The molecule has 0 radical (unpaired) electrons. The number of rotatable bonds is 4. The molecule has 1 heterocycles. The normalized spacial score (nSPS) is 16.5. The predicted octanol–water partition coefficient (Wildman–Crippen LogP) is 2.16. The van der Waals surface area contributed by atoms with E-state index in [0.717, 1.165) is 10.0 Å². The molecule has 19 heavy (non-hydrogen) atoms. The Morgan fingerprint density at radius 1 is 1.53 bits per heavy atom. The van der Waals surface area contributed by atoms with Crippen molar-refractivity contribution >= 4 is 39.5 Å². The minimum atomic E-state index is -0.126. The molecule has 0 aromatic heterocycles. The fraction of sp³-hybridized carbons (Fsp3) is 0.385. The molecule has 1 aliphatic rings. The first-order valence-corrected chi connectivity index (χ1v) is 7.92. The van der Waals surface area contributed by atoms with Gasteiger partial charge in [-0.25, -0.2) is 0 Å². The maximum atomic E-state index is 11.9. The summed E-state index contributed by atoms with van der Waals surface area (Å²) in [5.74, 6) is 0.996. The van der Waals surface area contributed by atoms with Gasteiger partial charge in [0.15, 0.2) is 0 Å². The Balaban J connectivity index is 1.92. The van der Waals surface area contributed by atoms with Gasteiger partial charge in [0.1, 0.15) is 6.54 Å². The SMILES string of the molecule is C[C@@H](NC(=O)CN1CSCC1=O)c1ccccc1Br. The molecule has 0 saturated carbocycles. The van der Waals surface area contributed by atoms with Gasteiger partial charge in [0.2, 0.25) is 11.8 Å². The van der Waals surface area contributed by atoms with Crippen LogP contribution in [0.3, 0.4) is 0 Å². The molecule has 1 saturated heterocycles. The monoisotopic (exact) mass is 342 g/mol. The fourth-order valence-corrected chi connectivity index (χ4v) is 3.44. The third-order valence-corrected chi connectivity index (χ3v) is 4.58. The van der Waals surface area contributed by atoms with E-state index in [2.05, 4.69) is 21.2 Å². The number of hydrogen-bond donors (Lipinski definition) is 1. The van der Waals surface area contributed by atoms with Crippen LogP contribution in [-0.4, -0.2) is 34.9 Å². The van der Waals surface area contributed by atoms with Gasteiger partial charge in [-0.3, -0.25) is 9.59 Å². The van der Waals surface area contributed by atoms with Crippen LogP contribution in [0.1, 0.15) is 18.5 Å². The lowest BCUT2D eigenvalue weighted by atomic mass is 10.1. The van der Waals surface area contributed by atoms with Crippen LogP contribution in [0.2, 0.25) is 0 Å². The summed E-state index contributed by atoms with van der Waals surface area (Å²) in [7, 11) is 0. The Morgan fingerprint density at radius 3 is 2.89 bits per heavy atom. The van der Waals surface area contributed by atoms with Crippen molar-refractivity contribution in [3.8, 4) is 0 Å². The highest BCUT2D eigenvalue weighted by Crippen LogP contribution is 2.22. The standard InChI is InChI=1S/C13H15BrN2O2S/c1-9(10-4-2-3-5-11(10)14)15-12(17)6-16-8-19-7-13(16)18/h2-5,9H,6-8H2,1H3,(H,15,17)/t9-/m1/s1. The molecule has 0 spiro atoms. The lowest BCUT2D eigenvalue weighted by molar-refractivity contribution is -0.132. The zero-order chi connectivity index (χ0) is 13.8. The Labute approximate surface area is 125 Å². The summed E-state index contributed by atoms with van der Waals surface area (Å²) in [5.41, 5.74) is 1.03. The topological polar surface area (TPSA) is 49.4 Å². The number of hydrogen-bond acceptors (Lipinski definition) is 3. The molecule has 2 amide bonds. The van der Waals surface area contributed by atoms with Crippen molar-refractivity contribution in [3.05, 3.63) is 34.3 Å². The molecule has 1 N–H and O–H groups in total. The first-order valence-electron chi connectivity index (χ1n) is 5.97. The number of nitrogens with zero attached hydrogens (tertiary/aromatic N) is 1. The summed E-state index contributed by atoms with van der Waals surface area (Å²) in [6, 6.07) is 7.68. The molecule has 102 valence electrons. The van der Waals surface area contributed by atoms with Crippen molar-refractivity contribution in [3.63, 3.8) is 0 Å². The molecule has 2 rings (SSSR count). The zero-order valence-electron chi connectivity index (χ0n) is 10.6. The lowest BCUT2D eigenvalue weighted by Gasteiger charge is -2.19. The molecule has 6 heteroatoms. The molecular weight excluding hydrogens is 328 g/mol. The largest absolute Gasteiger partial charge is 0.348 e. The van der Waals surface area contributed by atoms with Crippen LogP contribution in [-0.2, 0) is 9.59 Å². The average Bonchev–Trinajstić information content (AvgIpc) is 2.75. The van der Waals surface area contributed by atoms with Gasteiger partial charge in [-0.05, 0) is 18.6 Å². The first kappa shape index (κ1) is 14.4. The maximum absolute atomic E-state index is 11.9. The van der Waals surface area contributed by atoms with Crippen molar-refractivity contribution in [2.24, 2.45) is 0 Å². The number of carbonyl (C=O) groups excluding carboxylic acids is 2. The quantitative estimate of drug-likeness (QED) is 0.912. The molecule has 1 fully saturated rings. The van der Waals surface area contributed by atoms with Crippen molar-refractivity contribution in [2.75, 3.05) is 18.2 Å². The van der Waals surface area contributed by atoms with Gasteiger partial charge in [-0.2, -0.15) is 0 Å². The number of amides is 2. The first-order chi connectivity index (χ1) is 9.08. The average molecular weight is 343 g/mol. The minimum absolute atomic E-state index is 0.0358. The van der Waals surface area contributed by atoms with E-state index in [0.29, 0.717) is 11.6 Å². The van der Waals surface area contributed by atoms with Crippen molar-refractivity contribution in [1.82, 2.24) is 10.2 Å². The predicted molar refractivity (Wildman–Crippen MR) is 79.7 cm³/mol. The third-order valence-electron chi connectivity index (χ3n) is 2.91. The highest BCUT2D eigenvalue weighted by atomic mass is 79.9. The van der Waals surface area contributed by atoms with Crippen LogP contribution < -0.4 is 5.32 Å². The molecule has 1 aromatic carbocycles. The number of carbonyl (C=O) groups is 2. The number of halogens is 1.